The number of benzene rings is 1. The van der Waals surface area contributed by atoms with Gasteiger partial charge in [-0.15, -0.1) is 5.10 Å². The maximum absolute atomic E-state index is 12.0. The molecule has 1 heterocycles. The average molecular weight is 296 g/mol. The van der Waals surface area contributed by atoms with Crippen molar-refractivity contribution in [2.75, 3.05) is 25.1 Å². The van der Waals surface area contributed by atoms with Crippen molar-refractivity contribution >= 4 is 29.1 Å². The fraction of sp³-hybridized carbons (Fsp3) is 0.429. The molecule has 2 rings (SSSR count). The predicted octanol–water partition coefficient (Wildman–Crippen LogP) is 2.72. The summed E-state index contributed by atoms with van der Waals surface area (Å²) >= 11 is 6.05. The summed E-state index contributed by atoms with van der Waals surface area (Å²) in [6, 6.07) is 7.26. The predicted molar refractivity (Wildman–Crippen MR) is 79.9 cm³/mol. The van der Waals surface area contributed by atoms with Gasteiger partial charge in [0, 0.05) is 13.1 Å². The molecule has 0 amide bonds. The summed E-state index contributed by atoms with van der Waals surface area (Å²) < 4.78 is 5.05. The fourth-order valence-electron chi connectivity index (χ4n) is 2.04. The number of likely N-dealkylation sites (tertiary alicyclic amines) is 1. The average Bonchev–Trinajstić information content (AvgIpc) is 2.95. The largest absolute Gasteiger partial charge is 0.460 e. The first-order valence-corrected chi connectivity index (χ1v) is 7.10. The highest BCUT2D eigenvalue weighted by atomic mass is 35.5. The molecular formula is C14H18ClN3O2. The number of esters is 1. The SMILES string of the molecule is CCOC(=O)C(=NNc1ccccc1Cl)N1CCCC1. The fourth-order valence-corrected chi connectivity index (χ4v) is 2.21. The van der Waals surface area contributed by atoms with Crippen molar-refractivity contribution in [1.82, 2.24) is 4.90 Å². The van der Waals surface area contributed by atoms with Gasteiger partial charge in [-0.25, -0.2) is 4.79 Å². The highest BCUT2D eigenvalue weighted by Crippen LogP contribution is 2.20. The number of carbonyl (C=O) groups excluding carboxylic acids is 1. The van der Waals surface area contributed by atoms with Crippen LogP contribution in [0.25, 0.3) is 0 Å². The Kier molecular flexibility index (Phi) is 5.24. The second-order valence-electron chi connectivity index (χ2n) is 4.44. The molecule has 0 aliphatic carbocycles. The van der Waals surface area contributed by atoms with E-state index in [-0.39, 0.29) is 0 Å². The van der Waals surface area contributed by atoms with Gasteiger partial charge >= 0.3 is 5.97 Å². The lowest BCUT2D eigenvalue weighted by Gasteiger charge is -2.18. The summed E-state index contributed by atoms with van der Waals surface area (Å²) in [6.45, 7) is 3.75. The number of carbonyl (C=O) groups is 1. The van der Waals surface area contributed by atoms with Gasteiger partial charge < -0.3 is 9.64 Å². The minimum Gasteiger partial charge on any atom is -0.460 e. The van der Waals surface area contributed by atoms with Crippen LogP contribution in [0.2, 0.25) is 5.02 Å². The van der Waals surface area contributed by atoms with E-state index in [1.165, 1.54) is 0 Å². The molecule has 0 atom stereocenters. The molecule has 1 fully saturated rings. The van der Waals surface area contributed by atoms with Gasteiger partial charge in [0.2, 0.25) is 5.84 Å². The Hall–Kier alpha value is -1.75. The summed E-state index contributed by atoms with van der Waals surface area (Å²) in [5.41, 5.74) is 3.50. The summed E-state index contributed by atoms with van der Waals surface area (Å²) in [6.07, 6.45) is 2.12. The third-order valence-corrected chi connectivity index (χ3v) is 3.35. The molecule has 0 saturated carbocycles. The van der Waals surface area contributed by atoms with E-state index in [0.717, 1.165) is 25.9 Å². The van der Waals surface area contributed by atoms with Crippen molar-refractivity contribution in [2.24, 2.45) is 5.10 Å². The van der Waals surface area contributed by atoms with Gasteiger partial charge in [0.05, 0.1) is 17.3 Å². The monoisotopic (exact) mass is 295 g/mol. The molecule has 6 heteroatoms. The topological polar surface area (TPSA) is 53.9 Å². The molecule has 0 radical (unpaired) electrons. The number of nitrogens with zero attached hydrogens (tertiary/aromatic N) is 2. The second kappa shape index (κ2) is 7.14. The van der Waals surface area contributed by atoms with E-state index in [2.05, 4.69) is 10.5 Å². The van der Waals surface area contributed by atoms with Gasteiger partial charge in [-0.2, -0.15) is 0 Å². The Morgan fingerprint density at radius 2 is 2.10 bits per heavy atom. The van der Waals surface area contributed by atoms with E-state index in [1.807, 2.05) is 17.0 Å². The standard InChI is InChI=1S/C14H18ClN3O2/c1-2-20-14(19)13(18-9-5-6-10-18)17-16-12-8-4-3-7-11(12)15/h3-4,7-8,16H,2,5-6,9-10H2,1H3. The molecule has 0 unspecified atom stereocenters. The minimum absolute atomic E-state index is 0.310. The zero-order valence-corrected chi connectivity index (χ0v) is 12.2. The molecule has 108 valence electrons. The second-order valence-corrected chi connectivity index (χ2v) is 4.85. The lowest BCUT2D eigenvalue weighted by Crippen LogP contribution is -2.36. The summed E-state index contributed by atoms with van der Waals surface area (Å²) in [5.74, 6) is -0.0989. The molecule has 0 aromatic heterocycles. The molecule has 1 N–H and O–H groups in total. The highest BCUT2D eigenvalue weighted by molar-refractivity contribution is 6.35. The first-order chi connectivity index (χ1) is 9.72. The van der Waals surface area contributed by atoms with E-state index in [0.29, 0.717) is 23.2 Å². The zero-order valence-electron chi connectivity index (χ0n) is 11.4. The Labute approximate surface area is 123 Å². The smallest absolute Gasteiger partial charge is 0.375 e. The number of nitrogens with one attached hydrogen (secondary N) is 1. The molecule has 1 aliphatic rings. The summed E-state index contributed by atoms with van der Waals surface area (Å²) in [5, 5.41) is 4.75. The normalized spacial score (nSPS) is 15.3. The molecule has 20 heavy (non-hydrogen) atoms. The van der Waals surface area contributed by atoms with E-state index < -0.39 is 5.97 Å². The van der Waals surface area contributed by atoms with Gasteiger partial charge in [0.15, 0.2) is 0 Å². The molecule has 1 aliphatic heterocycles. The number of halogens is 1. The van der Waals surface area contributed by atoms with E-state index in [4.69, 9.17) is 16.3 Å². The Balaban J connectivity index is 2.15. The van der Waals surface area contributed by atoms with E-state index in [9.17, 15) is 4.79 Å². The highest BCUT2D eigenvalue weighted by Gasteiger charge is 2.24. The van der Waals surface area contributed by atoms with Gasteiger partial charge in [-0.1, -0.05) is 23.7 Å². The van der Waals surface area contributed by atoms with Crippen molar-refractivity contribution in [3.8, 4) is 0 Å². The number of anilines is 1. The van der Waals surface area contributed by atoms with Crippen molar-refractivity contribution in [3.63, 3.8) is 0 Å². The number of rotatable bonds is 3. The van der Waals surface area contributed by atoms with Crippen LogP contribution in [-0.4, -0.2) is 36.4 Å². The van der Waals surface area contributed by atoms with Crippen LogP contribution >= 0.6 is 11.6 Å². The number of para-hydroxylation sites is 1. The van der Waals surface area contributed by atoms with Gasteiger partial charge in [-0.05, 0) is 31.9 Å². The zero-order chi connectivity index (χ0) is 14.4. The summed E-state index contributed by atoms with van der Waals surface area (Å²) in [7, 11) is 0. The summed E-state index contributed by atoms with van der Waals surface area (Å²) in [4.78, 5) is 13.9. The van der Waals surface area contributed by atoms with E-state index >= 15 is 0 Å². The van der Waals surface area contributed by atoms with Crippen LogP contribution in [0.4, 0.5) is 5.69 Å². The molecule has 1 aromatic rings. The van der Waals surface area contributed by atoms with Crippen LogP contribution in [-0.2, 0) is 9.53 Å². The number of hydrogen-bond donors (Lipinski definition) is 1. The third kappa shape index (κ3) is 3.63. The van der Waals surface area contributed by atoms with Crippen LogP contribution in [0, 0.1) is 0 Å². The van der Waals surface area contributed by atoms with Crippen LogP contribution in [0.3, 0.4) is 0 Å². The van der Waals surface area contributed by atoms with Gasteiger partial charge in [0.1, 0.15) is 0 Å². The lowest BCUT2D eigenvalue weighted by molar-refractivity contribution is -0.135. The maximum atomic E-state index is 12.0. The molecular weight excluding hydrogens is 278 g/mol. The van der Waals surface area contributed by atoms with E-state index in [1.54, 1.807) is 19.1 Å². The molecule has 5 nitrogen and oxygen atoms in total. The number of ether oxygens (including phenoxy) is 1. The maximum Gasteiger partial charge on any atom is 0.375 e. The molecule has 1 aromatic carbocycles. The van der Waals surface area contributed by atoms with Crippen LogP contribution in [0.1, 0.15) is 19.8 Å². The van der Waals surface area contributed by atoms with Crippen molar-refractivity contribution in [1.29, 1.82) is 0 Å². The van der Waals surface area contributed by atoms with Crippen LogP contribution in [0.5, 0.6) is 0 Å². The van der Waals surface area contributed by atoms with Gasteiger partial charge in [-0.3, -0.25) is 5.43 Å². The van der Waals surface area contributed by atoms with Crippen LogP contribution < -0.4 is 5.43 Å². The Bertz CT molecular complexity index is 499. The van der Waals surface area contributed by atoms with Crippen molar-refractivity contribution in [2.45, 2.75) is 19.8 Å². The number of hydrogen-bond acceptors (Lipinski definition) is 4. The third-order valence-electron chi connectivity index (χ3n) is 3.02. The lowest BCUT2D eigenvalue weighted by atomic mass is 10.3. The molecule has 1 saturated heterocycles. The Morgan fingerprint density at radius 1 is 1.40 bits per heavy atom. The van der Waals surface area contributed by atoms with Crippen LogP contribution in [0.15, 0.2) is 29.4 Å². The minimum atomic E-state index is -0.408. The number of hydrazone groups is 1. The number of amidine groups is 1. The molecule has 0 bridgehead atoms. The molecule has 0 spiro atoms. The van der Waals surface area contributed by atoms with Crippen molar-refractivity contribution < 1.29 is 9.53 Å². The first-order valence-electron chi connectivity index (χ1n) is 6.72. The Morgan fingerprint density at radius 3 is 2.75 bits per heavy atom. The quantitative estimate of drug-likeness (QED) is 0.403. The van der Waals surface area contributed by atoms with Crippen molar-refractivity contribution in [3.05, 3.63) is 29.3 Å². The van der Waals surface area contributed by atoms with Gasteiger partial charge in [0.25, 0.3) is 0 Å². The first kappa shape index (κ1) is 14.7.